The Morgan fingerprint density at radius 3 is 2.59 bits per heavy atom. The lowest BCUT2D eigenvalue weighted by atomic mass is 10.2. The van der Waals surface area contributed by atoms with Crippen molar-refractivity contribution in [1.29, 1.82) is 0 Å². The van der Waals surface area contributed by atoms with E-state index in [1.807, 2.05) is 31.1 Å². The molecule has 0 fully saturated rings. The summed E-state index contributed by atoms with van der Waals surface area (Å²) in [6, 6.07) is 4.20. The molecule has 1 aromatic rings. The molecule has 0 spiro atoms. The molecule has 2 N–H and O–H groups in total. The molecule has 2 amide bonds. The maximum atomic E-state index is 11.9. The smallest absolute Gasteiger partial charge is 0.314 e. The molecule has 0 aliphatic rings. The molecule has 0 saturated carbocycles. The molecule has 0 saturated heterocycles. The van der Waals surface area contributed by atoms with E-state index in [0.717, 1.165) is 18.7 Å². The molecular weight excluding hydrogens is 280 g/mol. The second-order valence-electron chi connectivity index (χ2n) is 5.87. The molecule has 126 valence electrons. The quantitative estimate of drug-likeness (QED) is 0.731. The van der Waals surface area contributed by atoms with E-state index in [-0.39, 0.29) is 12.1 Å². The van der Waals surface area contributed by atoms with Crippen molar-refractivity contribution in [2.75, 3.05) is 40.8 Å². The number of likely N-dealkylation sites (N-methyl/N-ethyl adjacent to an activating group) is 2. The summed E-state index contributed by atoms with van der Waals surface area (Å²) in [7, 11) is 6.01. The molecule has 0 aliphatic heterocycles. The first-order chi connectivity index (χ1) is 10.5. The van der Waals surface area contributed by atoms with Gasteiger partial charge in [0.05, 0.1) is 12.3 Å². The monoisotopic (exact) mass is 310 g/mol. The van der Waals surface area contributed by atoms with E-state index in [1.165, 1.54) is 0 Å². The van der Waals surface area contributed by atoms with Crippen LogP contribution in [0.2, 0.25) is 0 Å². The number of hydrogen-bond acceptors (Lipinski definition) is 4. The summed E-state index contributed by atoms with van der Waals surface area (Å²) < 4.78 is 5.42. The maximum Gasteiger partial charge on any atom is 0.314 e. The van der Waals surface area contributed by atoms with E-state index in [1.54, 1.807) is 6.26 Å². The maximum absolute atomic E-state index is 11.9. The minimum absolute atomic E-state index is 0.0311. The van der Waals surface area contributed by atoms with Crippen LogP contribution in [0.5, 0.6) is 0 Å². The molecule has 0 aromatic carbocycles. The molecule has 6 nitrogen and oxygen atoms in total. The van der Waals surface area contributed by atoms with Gasteiger partial charge in [-0.3, -0.25) is 4.90 Å². The number of amides is 2. The van der Waals surface area contributed by atoms with Crippen molar-refractivity contribution in [2.24, 2.45) is 0 Å². The summed E-state index contributed by atoms with van der Waals surface area (Å²) in [5.74, 6) is 0.849. The largest absolute Gasteiger partial charge is 0.468 e. The first-order valence-corrected chi connectivity index (χ1v) is 7.87. The van der Waals surface area contributed by atoms with Crippen molar-refractivity contribution in [3.05, 3.63) is 24.2 Å². The molecular formula is C16H30N4O2. The molecule has 6 heteroatoms. The van der Waals surface area contributed by atoms with E-state index in [2.05, 4.69) is 36.4 Å². The predicted octanol–water partition coefficient (Wildman–Crippen LogP) is 1.91. The second kappa shape index (κ2) is 9.48. The molecule has 0 bridgehead atoms. The number of hydrogen-bond donors (Lipinski definition) is 2. The minimum atomic E-state index is -0.143. The lowest BCUT2D eigenvalue weighted by Gasteiger charge is -2.24. The van der Waals surface area contributed by atoms with Crippen LogP contribution in [0.1, 0.15) is 32.1 Å². The van der Waals surface area contributed by atoms with Crippen LogP contribution < -0.4 is 10.6 Å². The van der Waals surface area contributed by atoms with Gasteiger partial charge in [0.25, 0.3) is 0 Å². The summed E-state index contributed by atoms with van der Waals surface area (Å²) in [5.41, 5.74) is 0. The highest BCUT2D eigenvalue weighted by atomic mass is 16.3. The summed E-state index contributed by atoms with van der Waals surface area (Å²) >= 11 is 0. The van der Waals surface area contributed by atoms with Gasteiger partial charge >= 0.3 is 6.03 Å². The fourth-order valence-corrected chi connectivity index (χ4v) is 2.15. The zero-order chi connectivity index (χ0) is 16.5. The first kappa shape index (κ1) is 18.5. The summed E-state index contributed by atoms with van der Waals surface area (Å²) in [6.45, 7) is 6.34. The molecule has 2 unspecified atom stereocenters. The standard InChI is InChI=1S/C16H30N4O2/c1-6-13(2)20(5)10-9-17-16(21)18-12-14(19(3)4)15-8-7-11-22-15/h7-8,11,13-14H,6,9-10,12H2,1-5H3,(H2,17,18,21). The Balaban J connectivity index is 2.30. The summed E-state index contributed by atoms with van der Waals surface area (Å²) in [5, 5.41) is 5.79. The molecule has 1 rings (SSSR count). The number of urea groups is 1. The van der Waals surface area contributed by atoms with E-state index in [4.69, 9.17) is 4.42 Å². The third-order valence-corrected chi connectivity index (χ3v) is 4.04. The van der Waals surface area contributed by atoms with Crippen LogP contribution in [0, 0.1) is 0 Å². The van der Waals surface area contributed by atoms with Crippen LogP contribution in [0.25, 0.3) is 0 Å². The highest BCUT2D eigenvalue weighted by Gasteiger charge is 2.17. The van der Waals surface area contributed by atoms with Crippen molar-refractivity contribution in [1.82, 2.24) is 20.4 Å². The Bertz CT molecular complexity index is 420. The second-order valence-corrected chi connectivity index (χ2v) is 5.87. The Morgan fingerprint density at radius 1 is 1.32 bits per heavy atom. The Kier molecular flexibility index (Phi) is 7.98. The van der Waals surface area contributed by atoms with E-state index >= 15 is 0 Å². The minimum Gasteiger partial charge on any atom is -0.468 e. The molecule has 2 atom stereocenters. The molecule has 0 aliphatic carbocycles. The fraction of sp³-hybridized carbons (Fsp3) is 0.688. The van der Waals surface area contributed by atoms with E-state index in [9.17, 15) is 4.79 Å². The van der Waals surface area contributed by atoms with Gasteiger partial charge in [0.15, 0.2) is 0 Å². The number of nitrogens with zero attached hydrogens (tertiary/aromatic N) is 2. The predicted molar refractivity (Wildman–Crippen MR) is 88.9 cm³/mol. The van der Waals surface area contributed by atoms with Crippen LogP contribution in [0.15, 0.2) is 22.8 Å². The van der Waals surface area contributed by atoms with Gasteiger partial charge in [-0.2, -0.15) is 0 Å². The Morgan fingerprint density at radius 2 is 2.05 bits per heavy atom. The van der Waals surface area contributed by atoms with Crippen molar-refractivity contribution in [3.8, 4) is 0 Å². The van der Waals surface area contributed by atoms with Crippen LogP contribution in [-0.4, -0.2) is 62.7 Å². The van der Waals surface area contributed by atoms with Gasteiger partial charge in [0.2, 0.25) is 0 Å². The Labute approximate surface area is 133 Å². The summed E-state index contributed by atoms with van der Waals surface area (Å²) in [4.78, 5) is 16.1. The number of furan rings is 1. The average Bonchev–Trinajstić information content (AvgIpc) is 3.00. The number of carbonyl (C=O) groups is 1. The van der Waals surface area contributed by atoms with Crippen molar-refractivity contribution in [3.63, 3.8) is 0 Å². The van der Waals surface area contributed by atoms with Gasteiger partial charge in [-0.25, -0.2) is 4.79 Å². The third-order valence-electron chi connectivity index (χ3n) is 4.04. The van der Waals surface area contributed by atoms with Gasteiger partial charge in [-0.15, -0.1) is 0 Å². The summed E-state index contributed by atoms with van der Waals surface area (Å²) in [6.07, 6.45) is 2.76. The van der Waals surface area contributed by atoms with Crippen LogP contribution in [0.3, 0.4) is 0 Å². The van der Waals surface area contributed by atoms with Crippen molar-refractivity contribution >= 4 is 6.03 Å². The zero-order valence-electron chi connectivity index (χ0n) is 14.4. The SMILES string of the molecule is CCC(C)N(C)CCNC(=O)NCC(c1ccco1)N(C)C. The topological polar surface area (TPSA) is 60.8 Å². The number of rotatable bonds is 9. The van der Waals surface area contributed by atoms with E-state index in [0.29, 0.717) is 19.1 Å². The number of nitrogens with one attached hydrogen (secondary N) is 2. The molecule has 1 heterocycles. The number of carbonyl (C=O) groups excluding carboxylic acids is 1. The van der Waals surface area contributed by atoms with Gasteiger partial charge in [-0.1, -0.05) is 6.92 Å². The van der Waals surface area contributed by atoms with Gasteiger partial charge < -0.3 is 20.0 Å². The van der Waals surface area contributed by atoms with Crippen LogP contribution in [-0.2, 0) is 0 Å². The van der Waals surface area contributed by atoms with Crippen molar-refractivity contribution in [2.45, 2.75) is 32.4 Å². The highest BCUT2D eigenvalue weighted by molar-refractivity contribution is 5.73. The van der Waals surface area contributed by atoms with E-state index < -0.39 is 0 Å². The van der Waals surface area contributed by atoms with Crippen LogP contribution >= 0.6 is 0 Å². The Hall–Kier alpha value is -1.53. The van der Waals surface area contributed by atoms with Gasteiger partial charge in [-0.05, 0) is 46.6 Å². The fourth-order valence-electron chi connectivity index (χ4n) is 2.15. The first-order valence-electron chi connectivity index (χ1n) is 7.87. The van der Waals surface area contributed by atoms with Gasteiger partial charge in [0.1, 0.15) is 5.76 Å². The third kappa shape index (κ3) is 6.07. The lowest BCUT2D eigenvalue weighted by molar-refractivity contribution is 0.219. The lowest BCUT2D eigenvalue weighted by Crippen LogP contribution is -2.43. The van der Waals surface area contributed by atoms with Crippen molar-refractivity contribution < 1.29 is 9.21 Å². The highest BCUT2D eigenvalue weighted by Crippen LogP contribution is 2.17. The van der Waals surface area contributed by atoms with Crippen LogP contribution in [0.4, 0.5) is 4.79 Å². The molecule has 22 heavy (non-hydrogen) atoms. The zero-order valence-corrected chi connectivity index (χ0v) is 14.4. The van der Waals surface area contributed by atoms with Gasteiger partial charge in [0, 0.05) is 25.7 Å². The molecule has 0 radical (unpaired) electrons. The molecule has 1 aromatic heterocycles. The average molecular weight is 310 g/mol. The normalized spacial score (nSPS) is 14.1.